The van der Waals surface area contributed by atoms with Crippen LogP contribution in [0, 0.1) is 0 Å². The second-order valence-corrected chi connectivity index (χ2v) is 13.2. The van der Waals surface area contributed by atoms with Gasteiger partial charge in [0.2, 0.25) is 0 Å². The van der Waals surface area contributed by atoms with E-state index < -0.39 is 89.6 Å². The van der Waals surface area contributed by atoms with Gasteiger partial charge in [0.15, 0.2) is 0 Å². The van der Waals surface area contributed by atoms with Crippen molar-refractivity contribution in [3.8, 4) is 44.5 Å². The van der Waals surface area contributed by atoms with E-state index in [0.29, 0.717) is 22.1 Å². The molecule has 0 aliphatic carbocycles. The Morgan fingerprint density at radius 3 is 1.60 bits per heavy atom. The van der Waals surface area contributed by atoms with Crippen LogP contribution in [-0.4, -0.2) is 0 Å². The molecule has 0 amide bonds. The van der Waals surface area contributed by atoms with Gasteiger partial charge in [0.1, 0.15) is 0 Å². The van der Waals surface area contributed by atoms with Gasteiger partial charge in [0, 0.05) is 17.1 Å². The second-order valence-electron chi connectivity index (χ2n) is 13.2. The second kappa shape index (κ2) is 14.0. The molecule has 0 aromatic heterocycles. The zero-order valence-electron chi connectivity index (χ0n) is 41.4. The van der Waals surface area contributed by atoms with Crippen molar-refractivity contribution in [2.24, 2.45) is 0 Å². The monoisotopic (exact) mass is 711 g/mol. The van der Waals surface area contributed by atoms with Crippen LogP contribution >= 0.6 is 0 Å². The number of benzene rings is 10. The number of rotatable bonds is 7. The molecule has 0 bridgehead atoms. The summed E-state index contributed by atoms with van der Waals surface area (Å²) >= 11 is 0. The summed E-state index contributed by atoms with van der Waals surface area (Å²) in [5, 5.41) is 5.15. The molecular formula is C54H37N. The minimum atomic E-state index is -0.724. The molecule has 0 aliphatic heterocycles. The zero-order valence-corrected chi connectivity index (χ0v) is 29.4. The van der Waals surface area contributed by atoms with Gasteiger partial charge in [-0.3, -0.25) is 0 Å². The number of hydrogen-bond donors (Lipinski definition) is 0. The summed E-state index contributed by atoms with van der Waals surface area (Å²) in [5.41, 5.74) is 0.940. The van der Waals surface area contributed by atoms with E-state index in [4.69, 9.17) is 2.74 Å². The molecule has 0 fully saturated rings. The van der Waals surface area contributed by atoms with Crippen molar-refractivity contribution in [1.29, 1.82) is 0 Å². The van der Waals surface area contributed by atoms with Crippen LogP contribution in [0.2, 0.25) is 0 Å². The van der Waals surface area contributed by atoms with Crippen molar-refractivity contribution in [1.82, 2.24) is 0 Å². The third-order valence-corrected chi connectivity index (χ3v) is 9.86. The molecule has 0 radical (unpaired) electrons. The highest BCUT2D eigenvalue weighted by Gasteiger charge is 2.15. The summed E-state index contributed by atoms with van der Waals surface area (Å²) < 4.78 is 114. The van der Waals surface area contributed by atoms with Gasteiger partial charge in [-0.25, -0.2) is 0 Å². The van der Waals surface area contributed by atoms with E-state index in [1.165, 1.54) is 0 Å². The summed E-state index contributed by atoms with van der Waals surface area (Å²) in [4.78, 5) is 0.902. The molecule has 0 saturated carbocycles. The van der Waals surface area contributed by atoms with Crippen LogP contribution < -0.4 is 4.90 Å². The molecule has 0 N–H and O–H groups in total. The van der Waals surface area contributed by atoms with E-state index in [1.807, 2.05) is 97.1 Å². The lowest BCUT2D eigenvalue weighted by Crippen LogP contribution is -2.10. The van der Waals surface area contributed by atoms with E-state index >= 15 is 0 Å². The molecule has 258 valence electrons. The molecule has 1 nitrogen and oxygen atoms in total. The molecule has 10 aromatic rings. The minimum Gasteiger partial charge on any atom is -0.310 e. The Bertz CT molecular complexity index is 3620. The van der Waals surface area contributed by atoms with E-state index in [2.05, 4.69) is 0 Å². The zero-order chi connectivity index (χ0) is 47.0. The largest absolute Gasteiger partial charge is 0.310 e. The standard InChI is InChI=1S/C54H37N/c1-2-11-38(12-3-1)43-16-8-17-44(35-43)39-25-30-48(31-26-39)55(50-19-9-18-46(37-50)53-22-10-15-41-13-4-6-20-51(41)53)49-32-27-40(28-33-49)45-29-34-54-47(36-45)24-23-42-14-5-7-21-52(42)54/h1-37H/i9D,18D,19D,25D,26D,27D,28D,30D,31D,32D,33D,37D. The quantitative estimate of drug-likeness (QED) is 0.149. The molecule has 0 heterocycles. The lowest BCUT2D eigenvalue weighted by Gasteiger charge is -2.26. The Morgan fingerprint density at radius 2 is 0.855 bits per heavy atom. The predicted octanol–water partition coefficient (Wildman–Crippen LogP) is 15.3. The van der Waals surface area contributed by atoms with Gasteiger partial charge >= 0.3 is 0 Å². The van der Waals surface area contributed by atoms with Crippen LogP contribution in [0.15, 0.2) is 224 Å². The summed E-state index contributed by atoms with van der Waals surface area (Å²) in [7, 11) is 0. The Labute approximate surface area is 338 Å². The molecule has 0 atom stereocenters. The molecule has 1 heteroatoms. The Balaban J connectivity index is 1.26. The van der Waals surface area contributed by atoms with Crippen molar-refractivity contribution in [2.45, 2.75) is 0 Å². The van der Waals surface area contributed by atoms with E-state index in [1.54, 1.807) is 54.6 Å². The van der Waals surface area contributed by atoms with Crippen molar-refractivity contribution in [3.63, 3.8) is 0 Å². The average Bonchev–Trinajstić information content (AvgIpc) is 3.35. The van der Waals surface area contributed by atoms with Gasteiger partial charge in [-0.2, -0.15) is 0 Å². The molecule has 10 aromatic carbocycles. The summed E-state index contributed by atoms with van der Waals surface area (Å²) in [6.07, 6.45) is 0. The SMILES string of the molecule is [2H]c1c([2H])c(-c2cccc3ccccc23)c([2H])c(N(c2c([2H])c([2H])c(-c3cccc(-c4ccccc4)c3)c([2H])c2[2H])c2c([2H])c([2H])c(-c3ccc4c(ccc5ccccc54)c3)c([2H])c2[2H])c1[2H]. The highest BCUT2D eigenvalue weighted by atomic mass is 15.1. The maximum Gasteiger partial charge on any atom is 0.0651 e. The summed E-state index contributed by atoms with van der Waals surface area (Å²) in [6.45, 7) is 0. The average molecular weight is 712 g/mol. The van der Waals surface area contributed by atoms with Crippen molar-refractivity contribution >= 4 is 49.4 Å². The smallest absolute Gasteiger partial charge is 0.0651 e. The van der Waals surface area contributed by atoms with Gasteiger partial charge in [-0.15, -0.1) is 0 Å². The fourth-order valence-corrected chi connectivity index (χ4v) is 7.14. The minimum absolute atomic E-state index is 0.0433. The molecule has 0 spiro atoms. The van der Waals surface area contributed by atoms with Gasteiger partial charge in [-0.05, 0) is 125 Å². The lowest BCUT2D eigenvalue weighted by atomic mass is 9.97. The molecule has 0 saturated heterocycles. The number of anilines is 3. The van der Waals surface area contributed by atoms with Gasteiger partial charge in [-0.1, -0.05) is 176 Å². The summed E-state index contributed by atoms with van der Waals surface area (Å²) in [6, 6.07) is 39.2. The fourth-order valence-electron chi connectivity index (χ4n) is 7.14. The third kappa shape index (κ3) is 6.22. The van der Waals surface area contributed by atoms with Crippen LogP contribution in [0.5, 0.6) is 0 Å². The van der Waals surface area contributed by atoms with Crippen molar-refractivity contribution < 1.29 is 16.4 Å². The van der Waals surface area contributed by atoms with E-state index in [9.17, 15) is 13.7 Å². The van der Waals surface area contributed by atoms with Gasteiger partial charge in [0.25, 0.3) is 0 Å². The Hall–Kier alpha value is -7.22. The third-order valence-electron chi connectivity index (χ3n) is 9.86. The van der Waals surface area contributed by atoms with E-state index in [0.717, 1.165) is 43.0 Å². The number of nitrogens with zero attached hydrogens (tertiary/aromatic N) is 1. The normalized spacial score (nSPS) is 14.3. The van der Waals surface area contributed by atoms with Gasteiger partial charge in [0.05, 0.1) is 16.4 Å². The molecule has 0 unspecified atom stereocenters. The first kappa shape index (κ1) is 22.1. The highest BCUT2D eigenvalue weighted by Crippen LogP contribution is 2.40. The fraction of sp³-hybridized carbons (Fsp3) is 0. The van der Waals surface area contributed by atoms with Crippen LogP contribution in [0.25, 0.3) is 76.8 Å². The molecular weight excluding hydrogens is 663 g/mol. The Morgan fingerprint density at radius 1 is 0.309 bits per heavy atom. The lowest BCUT2D eigenvalue weighted by molar-refractivity contribution is 1.28. The highest BCUT2D eigenvalue weighted by molar-refractivity contribution is 6.08. The number of fused-ring (bicyclic) bond motifs is 4. The molecule has 0 aliphatic rings. The van der Waals surface area contributed by atoms with Crippen molar-refractivity contribution in [2.75, 3.05) is 4.90 Å². The maximum atomic E-state index is 9.86. The molecule has 55 heavy (non-hydrogen) atoms. The first-order chi connectivity index (χ1) is 32.3. The first-order valence-corrected chi connectivity index (χ1v) is 18.0. The predicted molar refractivity (Wildman–Crippen MR) is 235 cm³/mol. The van der Waals surface area contributed by atoms with Crippen molar-refractivity contribution in [3.05, 3.63) is 224 Å². The van der Waals surface area contributed by atoms with Crippen LogP contribution in [0.3, 0.4) is 0 Å². The van der Waals surface area contributed by atoms with Crippen LogP contribution in [0.4, 0.5) is 17.1 Å². The summed E-state index contributed by atoms with van der Waals surface area (Å²) in [5.74, 6) is 0. The van der Waals surface area contributed by atoms with Gasteiger partial charge < -0.3 is 4.90 Å². The topological polar surface area (TPSA) is 3.24 Å². The Kier molecular flexibility index (Phi) is 5.61. The number of hydrogen-bond acceptors (Lipinski definition) is 1. The van der Waals surface area contributed by atoms with Crippen LogP contribution in [0.1, 0.15) is 16.4 Å². The maximum absolute atomic E-state index is 9.86. The molecule has 10 rings (SSSR count). The first-order valence-electron chi connectivity index (χ1n) is 24.0. The van der Waals surface area contributed by atoms with E-state index in [-0.39, 0.29) is 16.7 Å². The van der Waals surface area contributed by atoms with Crippen LogP contribution in [-0.2, 0) is 0 Å².